The van der Waals surface area contributed by atoms with E-state index >= 15 is 0 Å². The van der Waals surface area contributed by atoms with Gasteiger partial charge in [-0.25, -0.2) is 13.9 Å². The van der Waals surface area contributed by atoms with Crippen LogP contribution in [0.4, 0.5) is 15.9 Å². The van der Waals surface area contributed by atoms with Gasteiger partial charge < -0.3 is 10.1 Å². The van der Waals surface area contributed by atoms with Crippen molar-refractivity contribution in [2.45, 2.75) is 19.9 Å². The number of hydrogen-bond acceptors (Lipinski definition) is 6. The lowest BCUT2D eigenvalue weighted by molar-refractivity contribution is -0.384. The quantitative estimate of drug-likeness (QED) is 0.494. The molecular weight excluding hydrogens is 319 g/mol. The van der Waals surface area contributed by atoms with Gasteiger partial charge in [0, 0.05) is 19.2 Å². The van der Waals surface area contributed by atoms with E-state index in [2.05, 4.69) is 15.2 Å². The average molecular weight is 336 g/mol. The number of nitro groups is 1. The first-order valence-corrected chi connectivity index (χ1v) is 7.19. The molecule has 2 aromatic rings. The number of halogens is 1. The Bertz CT molecular complexity index is 788. The summed E-state index contributed by atoms with van der Waals surface area (Å²) in [5.41, 5.74) is 0.592. The first kappa shape index (κ1) is 17.4. The highest BCUT2D eigenvalue weighted by molar-refractivity contribution is 5.89. The molecule has 0 radical (unpaired) electrons. The van der Waals surface area contributed by atoms with Crippen molar-refractivity contribution in [3.8, 4) is 0 Å². The number of nitrogens with one attached hydrogen (secondary N) is 1. The number of anilines is 1. The van der Waals surface area contributed by atoms with Crippen LogP contribution in [0.5, 0.6) is 0 Å². The highest BCUT2D eigenvalue weighted by atomic mass is 19.1. The van der Waals surface area contributed by atoms with Gasteiger partial charge in [-0.3, -0.25) is 10.1 Å². The molecule has 0 saturated carbocycles. The van der Waals surface area contributed by atoms with Crippen LogP contribution < -0.4 is 5.32 Å². The van der Waals surface area contributed by atoms with E-state index in [1.807, 2.05) is 0 Å². The van der Waals surface area contributed by atoms with Gasteiger partial charge >= 0.3 is 11.7 Å². The van der Waals surface area contributed by atoms with Crippen molar-refractivity contribution in [1.82, 2.24) is 9.78 Å². The summed E-state index contributed by atoms with van der Waals surface area (Å²) >= 11 is 0. The van der Waals surface area contributed by atoms with Crippen LogP contribution in [0.25, 0.3) is 0 Å². The summed E-state index contributed by atoms with van der Waals surface area (Å²) in [4.78, 5) is 22.3. The summed E-state index contributed by atoms with van der Waals surface area (Å²) in [6.45, 7) is 1.72. The van der Waals surface area contributed by atoms with Crippen molar-refractivity contribution in [3.05, 3.63) is 51.0 Å². The molecule has 0 aliphatic heterocycles. The number of methoxy groups -OCH3 is 1. The second-order valence-electron chi connectivity index (χ2n) is 5.03. The Balaban J connectivity index is 2.30. The zero-order valence-corrected chi connectivity index (χ0v) is 13.5. The second kappa shape index (κ2) is 7.07. The summed E-state index contributed by atoms with van der Waals surface area (Å²) < 4.78 is 19.9. The number of carbonyl (C=O) groups is 1. The summed E-state index contributed by atoms with van der Waals surface area (Å²) in [5.74, 6) is -0.938. The molecule has 24 heavy (non-hydrogen) atoms. The van der Waals surface area contributed by atoms with Gasteiger partial charge in [-0.05, 0) is 24.6 Å². The molecule has 1 aromatic carbocycles. The SMILES string of the molecule is CCc1nn(C)c(NCc2cc(C(=O)OC)ccc2F)c1[N+](=O)[O-]. The smallest absolute Gasteiger partial charge is 0.337 e. The van der Waals surface area contributed by atoms with E-state index < -0.39 is 16.7 Å². The van der Waals surface area contributed by atoms with Crippen molar-refractivity contribution in [2.75, 3.05) is 12.4 Å². The van der Waals surface area contributed by atoms with Gasteiger partial charge in [0.25, 0.3) is 0 Å². The fourth-order valence-corrected chi connectivity index (χ4v) is 2.33. The number of nitrogens with zero attached hydrogens (tertiary/aromatic N) is 3. The van der Waals surface area contributed by atoms with E-state index in [0.717, 1.165) is 6.07 Å². The number of aromatic nitrogens is 2. The molecule has 0 aliphatic carbocycles. The third-order valence-corrected chi connectivity index (χ3v) is 3.52. The summed E-state index contributed by atoms with van der Waals surface area (Å²) in [5, 5.41) is 18.2. The molecule has 0 atom stereocenters. The van der Waals surface area contributed by atoms with E-state index in [0.29, 0.717) is 12.1 Å². The molecular formula is C15H17FN4O4. The molecule has 1 N–H and O–H groups in total. The highest BCUT2D eigenvalue weighted by Crippen LogP contribution is 2.29. The van der Waals surface area contributed by atoms with Crippen molar-refractivity contribution >= 4 is 17.5 Å². The van der Waals surface area contributed by atoms with E-state index in [-0.39, 0.29) is 29.2 Å². The van der Waals surface area contributed by atoms with Gasteiger partial charge in [0.2, 0.25) is 5.82 Å². The topological polar surface area (TPSA) is 99.3 Å². The van der Waals surface area contributed by atoms with Gasteiger partial charge in [0.1, 0.15) is 11.5 Å². The fraction of sp³-hybridized carbons (Fsp3) is 0.333. The maximum Gasteiger partial charge on any atom is 0.337 e. The minimum Gasteiger partial charge on any atom is -0.465 e. The van der Waals surface area contributed by atoms with Crippen LogP contribution in [0.15, 0.2) is 18.2 Å². The summed E-state index contributed by atoms with van der Waals surface area (Å²) in [6.07, 6.45) is 0.401. The molecule has 0 amide bonds. The van der Waals surface area contributed by atoms with E-state index in [1.165, 1.54) is 23.9 Å². The lowest BCUT2D eigenvalue weighted by Crippen LogP contribution is -2.09. The van der Waals surface area contributed by atoms with E-state index in [9.17, 15) is 19.3 Å². The van der Waals surface area contributed by atoms with Crippen LogP contribution in [-0.2, 0) is 24.8 Å². The maximum atomic E-state index is 13.9. The molecule has 0 bridgehead atoms. The fourth-order valence-electron chi connectivity index (χ4n) is 2.33. The Morgan fingerprint density at radius 1 is 1.50 bits per heavy atom. The number of benzene rings is 1. The lowest BCUT2D eigenvalue weighted by Gasteiger charge is -2.08. The first-order chi connectivity index (χ1) is 11.4. The Morgan fingerprint density at radius 2 is 2.21 bits per heavy atom. The van der Waals surface area contributed by atoms with Crippen molar-refractivity contribution in [3.63, 3.8) is 0 Å². The number of carbonyl (C=O) groups excluding carboxylic acids is 1. The van der Waals surface area contributed by atoms with E-state index in [4.69, 9.17) is 0 Å². The minimum atomic E-state index is -0.587. The van der Waals surface area contributed by atoms with E-state index in [1.54, 1.807) is 14.0 Å². The largest absolute Gasteiger partial charge is 0.465 e. The first-order valence-electron chi connectivity index (χ1n) is 7.19. The number of hydrogen-bond donors (Lipinski definition) is 1. The molecule has 0 saturated heterocycles. The van der Waals surface area contributed by atoms with Crippen molar-refractivity contribution in [2.24, 2.45) is 7.05 Å². The molecule has 1 aromatic heterocycles. The van der Waals surface area contributed by atoms with Crippen LogP contribution >= 0.6 is 0 Å². The number of ether oxygens (including phenoxy) is 1. The van der Waals surface area contributed by atoms with Crippen molar-refractivity contribution in [1.29, 1.82) is 0 Å². The molecule has 0 aliphatic rings. The molecule has 0 fully saturated rings. The monoisotopic (exact) mass is 336 g/mol. The number of aryl methyl sites for hydroxylation is 2. The molecule has 0 unspecified atom stereocenters. The molecule has 0 spiro atoms. The van der Waals surface area contributed by atoms with Gasteiger partial charge in [-0.15, -0.1) is 0 Å². The standard InChI is InChI=1S/C15H17FN4O4/c1-4-12-13(20(22)23)14(19(2)18-12)17-8-10-7-9(15(21)24-3)5-6-11(10)16/h5-7,17H,4,8H2,1-3H3. The van der Waals surface area contributed by atoms with Crippen molar-refractivity contribution < 1.29 is 18.8 Å². The number of esters is 1. The third-order valence-electron chi connectivity index (χ3n) is 3.52. The molecule has 128 valence electrons. The van der Waals surface area contributed by atoms with Crippen LogP contribution in [0, 0.1) is 15.9 Å². The lowest BCUT2D eigenvalue weighted by atomic mass is 10.1. The minimum absolute atomic E-state index is 0.0415. The van der Waals surface area contributed by atoms with Crippen LogP contribution in [0.2, 0.25) is 0 Å². The van der Waals surface area contributed by atoms with Gasteiger partial charge in [-0.2, -0.15) is 5.10 Å². The van der Waals surface area contributed by atoms with Crippen LogP contribution in [0.3, 0.4) is 0 Å². The normalized spacial score (nSPS) is 10.5. The molecule has 8 nitrogen and oxygen atoms in total. The zero-order chi connectivity index (χ0) is 17.9. The van der Waals surface area contributed by atoms with Gasteiger partial charge in [-0.1, -0.05) is 6.92 Å². The second-order valence-corrected chi connectivity index (χ2v) is 5.03. The Morgan fingerprint density at radius 3 is 2.79 bits per heavy atom. The zero-order valence-electron chi connectivity index (χ0n) is 13.5. The summed E-state index contributed by atoms with van der Waals surface area (Å²) in [6, 6.07) is 3.81. The Labute approximate surface area is 137 Å². The van der Waals surface area contributed by atoms with Gasteiger partial charge in [0.15, 0.2) is 0 Å². The maximum absolute atomic E-state index is 13.9. The predicted molar refractivity (Wildman–Crippen MR) is 84.3 cm³/mol. The predicted octanol–water partition coefficient (Wildman–Crippen LogP) is 2.43. The van der Waals surface area contributed by atoms with Gasteiger partial charge in [0.05, 0.1) is 17.6 Å². The Hall–Kier alpha value is -2.97. The average Bonchev–Trinajstić information content (AvgIpc) is 2.89. The third kappa shape index (κ3) is 3.34. The molecule has 2 rings (SSSR count). The summed E-state index contributed by atoms with van der Waals surface area (Å²) in [7, 11) is 2.80. The molecule has 9 heteroatoms. The number of rotatable bonds is 6. The molecule has 1 heterocycles. The van der Waals surface area contributed by atoms with Crippen LogP contribution in [0.1, 0.15) is 28.5 Å². The van der Waals surface area contributed by atoms with Crippen LogP contribution in [-0.4, -0.2) is 27.8 Å². The Kier molecular flexibility index (Phi) is 5.12. The highest BCUT2D eigenvalue weighted by Gasteiger charge is 2.25.